The molecular weight excluding hydrogens is 430 g/mol. The Morgan fingerprint density at radius 1 is 1.19 bits per heavy atom. The summed E-state index contributed by atoms with van der Waals surface area (Å²) in [5.74, 6) is 0.392. The van der Waals surface area contributed by atoms with Gasteiger partial charge < -0.3 is 15.0 Å². The Labute approximate surface area is 189 Å². The van der Waals surface area contributed by atoms with Crippen molar-refractivity contribution in [1.82, 2.24) is 24.6 Å². The summed E-state index contributed by atoms with van der Waals surface area (Å²) in [6.45, 7) is 3.28. The van der Waals surface area contributed by atoms with Gasteiger partial charge in [-0.25, -0.2) is 14.8 Å². The molecule has 11 heteroatoms. The molecule has 0 spiro atoms. The standard InChI is InChI=1S/C21H25N7O3S/c1-26-18-14(10-24-26)19(23-12-22-18)28-8-6-27(7-9-28)11-16(29)25-20-17(21(30)31-2)13-4-3-5-15(13)32-20/h10,12H,3-9,11H2,1-2H3,(H,25,29). The third kappa shape index (κ3) is 3.71. The van der Waals surface area contributed by atoms with E-state index in [0.717, 1.165) is 67.9 Å². The minimum Gasteiger partial charge on any atom is -0.465 e. The second-order valence-corrected chi connectivity index (χ2v) is 9.17. The smallest absolute Gasteiger partial charge is 0.341 e. The van der Waals surface area contributed by atoms with Crippen LogP contribution in [0.2, 0.25) is 0 Å². The number of thiophene rings is 1. The number of aromatic nitrogens is 4. The van der Waals surface area contributed by atoms with Crippen LogP contribution in [0.25, 0.3) is 11.0 Å². The SMILES string of the molecule is COC(=O)c1c(NC(=O)CN2CCN(c3ncnc4c3cnn4C)CC2)sc2c1CCC2. The van der Waals surface area contributed by atoms with Gasteiger partial charge in [-0.15, -0.1) is 11.3 Å². The van der Waals surface area contributed by atoms with Gasteiger partial charge in [0, 0.05) is 38.1 Å². The molecule has 1 aliphatic heterocycles. The van der Waals surface area contributed by atoms with Gasteiger partial charge >= 0.3 is 5.97 Å². The number of hydrogen-bond acceptors (Lipinski definition) is 9. The Balaban J connectivity index is 1.22. The second kappa shape index (κ2) is 8.47. The minimum atomic E-state index is -0.375. The van der Waals surface area contributed by atoms with Crippen molar-refractivity contribution in [3.63, 3.8) is 0 Å². The van der Waals surface area contributed by atoms with Gasteiger partial charge in [-0.2, -0.15) is 5.10 Å². The molecule has 5 rings (SSSR count). The van der Waals surface area contributed by atoms with Crippen LogP contribution < -0.4 is 10.2 Å². The monoisotopic (exact) mass is 455 g/mol. The van der Waals surface area contributed by atoms with Gasteiger partial charge in [0.05, 0.1) is 30.8 Å². The summed E-state index contributed by atoms with van der Waals surface area (Å²) in [5, 5.41) is 8.79. The maximum Gasteiger partial charge on any atom is 0.341 e. The van der Waals surface area contributed by atoms with E-state index in [-0.39, 0.29) is 18.4 Å². The largest absolute Gasteiger partial charge is 0.465 e. The zero-order chi connectivity index (χ0) is 22.2. The number of aryl methyl sites for hydroxylation is 2. The lowest BCUT2D eigenvalue weighted by molar-refractivity contribution is -0.117. The first-order valence-electron chi connectivity index (χ1n) is 10.7. The minimum absolute atomic E-state index is 0.111. The number of ether oxygens (including phenoxy) is 1. The van der Waals surface area contributed by atoms with E-state index in [1.165, 1.54) is 23.3 Å². The summed E-state index contributed by atoms with van der Waals surface area (Å²) in [4.78, 5) is 39.3. The van der Waals surface area contributed by atoms with E-state index in [1.807, 2.05) is 7.05 Å². The van der Waals surface area contributed by atoms with Crippen molar-refractivity contribution in [3.05, 3.63) is 28.5 Å². The fraction of sp³-hybridized carbons (Fsp3) is 0.476. The summed E-state index contributed by atoms with van der Waals surface area (Å²) in [6, 6.07) is 0. The Bertz CT molecular complexity index is 1180. The molecule has 3 aromatic rings. The summed E-state index contributed by atoms with van der Waals surface area (Å²) < 4.78 is 6.70. The van der Waals surface area contributed by atoms with Crippen LogP contribution in [0, 0.1) is 0 Å². The quantitative estimate of drug-likeness (QED) is 0.577. The molecule has 0 unspecified atom stereocenters. The van der Waals surface area contributed by atoms with Gasteiger partial charge in [0.2, 0.25) is 5.91 Å². The zero-order valence-corrected chi connectivity index (χ0v) is 18.9. The molecule has 0 saturated carbocycles. The van der Waals surface area contributed by atoms with E-state index >= 15 is 0 Å². The summed E-state index contributed by atoms with van der Waals surface area (Å²) >= 11 is 1.50. The van der Waals surface area contributed by atoms with Crippen molar-refractivity contribution in [2.75, 3.05) is 50.1 Å². The van der Waals surface area contributed by atoms with Crippen LogP contribution in [0.3, 0.4) is 0 Å². The third-order valence-corrected chi connectivity index (χ3v) is 7.32. The highest BCUT2D eigenvalue weighted by Crippen LogP contribution is 2.39. The average molecular weight is 456 g/mol. The Hall–Kier alpha value is -3.05. The molecule has 168 valence electrons. The van der Waals surface area contributed by atoms with Gasteiger partial charge in [0.15, 0.2) is 5.65 Å². The van der Waals surface area contributed by atoms with Gasteiger partial charge in [-0.05, 0) is 24.8 Å². The van der Waals surface area contributed by atoms with Crippen molar-refractivity contribution in [2.24, 2.45) is 7.05 Å². The van der Waals surface area contributed by atoms with Crippen molar-refractivity contribution in [3.8, 4) is 0 Å². The molecule has 3 aromatic heterocycles. The first-order valence-corrected chi connectivity index (χ1v) is 11.5. The van der Waals surface area contributed by atoms with Crippen molar-refractivity contribution in [1.29, 1.82) is 0 Å². The van der Waals surface area contributed by atoms with Crippen molar-refractivity contribution < 1.29 is 14.3 Å². The van der Waals surface area contributed by atoms with Gasteiger partial charge in [-0.1, -0.05) is 0 Å². The van der Waals surface area contributed by atoms with E-state index in [0.29, 0.717) is 10.6 Å². The Kier molecular flexibility index (Phi) is 5.51. The first kappa shape index (κ1) is 20.8. The zero-order valence-electron chi connectivity index (χ0n) is 18.1. The number of piperazine rings is 1. The van der Waals surface area contributed by atoms with E-state index in [1.54, 1.807) is 17.2 Å². The summed E-state index contributed by atoms with van der Waals surface area (Å²) in [6.07, 6.45) is 6.22. The molecule has 1 fully saturated rings. The third-order valence-electron chi connectivity index (χ3n) is 6.11. The van der Waals surface area contributed by atoms with Crippen molar-refractivity contribution >= 4 is 45.1 Å². The molecule has 0 atom stereocenters. The molecule has 0 radical (unpaired) electrons. The highest BCUT2D eigenvalue weighted by molar-refractivity contribution is 7.17. The molecule has 0 bridgehead atoms. The molecule has 1 aliphatic carbocycles. The van der Waals surface area contributed by atoms with Crippen LogP contribution in [0.1, 0.15) is 27.2 Å². The Morgan fingerprint density at radius 2 is 2.00 bits per heavy atom. The van der Waals surface area contributed by atoms with Crippen LogP contribution in [0.4, 0.5) is 10.8 Å². The van der Waals surface area contributed by atoms with Crippen LogP contribution in [0.15, 0.2) is 12.5 Å². The molecular formula is C21H25N7O3S. The maximum atomic E-state index is 12.8. The molecule has 32 heavy (non-hydrogen) atoms. The number of amides is 1. The number of carbonyl (C=O) groups is 2. The Morgan fingerprint density at radius 3 is 2.78 bits per heavy atom. The lowest BCUT2D eigenvalue weighted by Crippen LogP contribution is -2.49. The number of rotatable bonds is 5. The normalized spacial score (nSPS) is 16.4. The average Bonchev–Trinajstić information content (AvgIpc) is 3.48. The van der Waals surface area contributed by atoms with Gasteiger partial charge in [0.25, 0.3) is 0 Å². The number of nitrogens with zero attached hydrogens (tertiary/aromatic N) is 6. The van der Waals surface area contributed by atoms with E-state index in [9.17, 15) is 9.59 Å². The highest BCUT2D eigenvalue weighted by atomic mass is 32.1. The van der Waals surface area contributed by atoms with Gasteiger partial charge in [-0.3, -0.25) is 14.4 Å². The number of hydrogen-bond donors (Lipinski definition) is 1. The van der Waals surface area contributed by atoms with Crippen LogP contribution in [-0.2, 0) is 29.4 Å². The number of carbonyl (C=O) groups excluding carboxylic acids is 2. The number of fused-ring (bicyclic) bond motifs is 2. The fourth-order valence-electron chi connectivity index (χ4n) is 4.50. The lowest BCUT2D eigenvalue weighted by Gasteiger charge is -2.35. The topological polar surface area (TPSA) is 105 Å². The van der Waals surface area contributed by atoms with Crippen LogP contribution in [-0.4, -0.2) is 76.4 Å². The number of methoxy groups -OCH3 is 1. The molecule has 10 nitrogen and oxygen atoms in total. The van der Waals surface area contributed by atoms with E-state index in [2.05, 4.69) is 30.2 Å². The van der Waals surface area contributed by atoms with Crippen LogP contribution >= 0.6 is 11.3 Å². The summed E-state index contributed by atoms with van der Waals surface area (Å²) in [5.41, 5.74) is 2.38. The molecule has 2 aliphatic rings. The number of anilines is 2. The lowest BCUT2D eigenvalue weighted by atomic mass is 10.1. The first-order chi connectivity index (χ1) is 15.5. The molecule has 1 amide bonds. The predicted octanol–water partition coefficient (Wildman–Crippen LogP) is 1.46. The molecule has 1 saturated heterocycles. The maximum absolute atomic E-state index is 12.8. The number of esters is 1. The summed E-state index contributed by atoms with van der Waals surface area (Å²) in [7, 11) is 3.24. The highest BCUT2D eigenvalue weighted by Gasteiger charge is 2.29. The van der Waals surface area contributed by atoms with E-state index in [4.69, 9.17) is 4.74 Å². The predicted molar refractivity (Wildman–Crippen MR) is 121 cm³/mol. The van der Waals surface area contributed by atoms with Gasteiger partial charge in [0.1, 0.15) is 17.1 Å². The molecule has 4 heterocycles. The second-order valence-electron chi connectivity index (χ2n) is 8.07. The van der Waals surface area contributed by atoms with Crippen LogP contribution in [0.5, 0.6) is 0 Å². The fourth-order valence-corrected chi connectivity index (χ4v) is 5.79. The van der Waals surface area contributed by atoms with E-state index < -0.39 is 0 Å². The van der Waals surface area contributed by atoms with Crippen molar-refractivity contribution in [2.45, 2.75) is 19.3 Å². The molecule has 0 aromatic carbocycles. The number of nitrogens with one attached hydrogen (secondary N) is 1. The molecule has 1 N–H and O–H groups in total.